The highest BCUT2D eigenvalue weighted by molar-refractivity contribution is 5.96. The summed E-state index contributed by atoms with van der Waals surface area (Å²) in [7, 11) is 0. The Labute approximate surface area is 104 Å². The van der Waals surface area contributed by atoms with Gasteiger partial charge in [0.25, 0.3) is 0 Å². The van der Waals surface area contributed by atoms with Crippen LogP contribution in [0.4, 0.5) is 0 Å². The Hall–Kier alpha value is -2.04. The highest BCUT2D eigenvalue weighted by Gasteiger charge is 2.52. The van der Waals surface area contributed by atoms with Crippen molar-refractivity contribution in [1.82, 2.24) is 5.32 Å². The molecule has 5 nitrogen and oxygen atoms in total. The number of allylic oxidation sites excluding steroid dienone is 1. The first kappa shape index (κ1) is 11.1. The summed E-state index contributed by atoms with van der Waals surface area (Å²) in [6, 6.07) is 0. The molecule has 1 aliphatic carbocycles. The van der Waals surface area contributed by atoms with Crippen LogP contribution in [-0.4, -0.2) is 22.5 Å². The van der Waals surface area contributed by atoms with Gasteiger partial charge in [-0.25, -0.2) is 0 Å². The van der Waals surface area contributed by atoms with E-state index in [1.807, 2.05) is 6.08 Å². The largest absolute Gasteiger partial charge is 0.482 e. The number of ether oxygens (including phenoxy) is 1. The summed E-state index contributed by atoms with van der Waals surface area (Å²) in [4.78, 5) is 23.2. The van der Waals surface area contributed by atoms with E-state index in [1.165, 1.54) is 0 Å². The van der Waals surface area contributed by atoms with Crippen LogP contribution in [0.15, 0.2) is 35.9 Å². The standard InChI is InChI=1S/C13H13NO4/c15-11-5-8(12(16)17)1-3-13(11)10-6-14-4-2-9(10)7-18-13/h2,4,6-8,14H,1,3,5H2,(H,16,17). The Kier molecular flexibility index (Phi) is 2.29. The van der Waals surface area contributed by atoms with Crippen molar-refractivity contribution in [2.45, 2.75) is 24.9 Å². The lowest BCUT2D eigenvalue weighted by atomic mass is 9.73. The lowest BCUT2D eigenvalue weighted by Gasteiger charge is -2.35. The predicted molar refractivity (Wildman–Crippen MR) is 62.2 cm³/mol. The van der Waals surface area contributed by atoms with Crippen molar-refractivity contribution in [3.05, 3.63) is 35.9 Å². The van der Waals surface area contributed by atoms with Gasteiger partial charge in [0, 0.05) is 30.0 Å². The molecule has 2 atom stereocenters. The molecule has 0 amide bonds. The number of rotatable bonds is 1. The summed E-state index contributed by atoms with van der Waals surface area (Å²) >= 11 is 0. The zero-order valence-electron chi connectivity index (χ0n) is 9.68. The number of carbonyl (C=O) groups excluding carboxylic acids is 1. The Bertz CT molecular complexity index is 517. The van der Waals surface area contributed by atoms with Gasteiger partial charge in [-0.15, -0.1) is 0 Å². The number of hydrogen-bond acceptors (Lipinski definition) is 4. The maximum Gasteiger partial charge on any atom is 0.306 e. The van der Waals surface area contributed by atoms with Crippen molar-refractivity contribution in [2.75, 3.05) is 0 Å². The van der Waals surface area contributed by atoms with E-state index in [9.17, 15) is 9.59 Å². The molecule has 2 heterocycles. The Morgan fingerprint density at radius 1 is 1.56 bits per heavy atom. The minimum atomic E-state index is -0.959. The Morgan fingerprint density at radius 3 is 3.11 bits per heavy atom. The Morgan fingerprint density at radius 2 is 2.39 bits per heavy atom. The summed E-state index contributed by atoms with van der Waals surface area (Å²) in [6.07, 6.45) is 7.89. The zero-order chi connectivity index (χ0) is 12.8. The van der Waals surface area contributed by atoms with Crippen molar-refractivity contribution in [2.24, 2.45) is 5.92 Å². The number of aliphatic carboxylic acids is 1. The maximum absolute atomic E-state index is 12.3. The number of carbonyl (C=O) groups is 2. The third kappa shape index (κ3) is 1.40. The van der Waals surface area contributed by atoms with Gasteiger partial charge in [-0.05, 0) is 18.9 Å². The first-order valence-corrected chi connectivity index (χ1v) is 5.91. The fourth-order valence-electron chi connectivity index (χ4n) is 2.75. The fourth-order valence-corrected chi connectivity index (χ4v) is 2.75. The minimum Gasteiger partial charge on any atom is -0.482 e. The quantitative estimate of drug-likeness (QED) is 0.725. The number of carboxylic acid groups (broad SMARTS) is 1. The van der Waals surface area contributed by atoms with Crippen LogP contribution in [0, 0.1) is 5.92 Å². The number of dihydropyridines is 1. The van der Waals surface area contributed by atoms with E-state index in [2.05, 4.69) is 5.32 Å². The molecule has 0 saturated heterocycles. The highest BCUT2D eigenvalue weighted by atomic mass is 16.5. The molecule has 2 N–H and O–H groups in total. The molecule has 1 fully saturated rings. The van der Waals surface area contributed by atoms with E-state index in [-0.39, 0.29) is 12.2 Å². The minimum absolute atomic E-state index is 0.0392. The number of Topliss-reactive ketones (excluding diaryl/α,β-unsaturated/α-hetero) is 1. The van der Waals surface area contributed by atoms with Gasteiger partial charge < -0.3 is 15.2 Å². The van der Waals surface area contributed by atoms with Crippen molar-refractivity contribution in [3.63, 3.8) is 0 Å². The van der Waals surface area contributed by atoms with Crippen LogP contribution < -0.4 is 5.32 Å². The molecule has 3 rings (SSSR count). The van der Waals surface area contributed by atoms with Crippen LogP contribution >= 0.6 is 0 Å². The second kappa shape index (κ2) is 3.73. The zero-order valence-corrected chi connectivity index (χ0v) is 9.68. The first-order valence-electron chi connectivity index (χ1n) is 5.91. The summed E-state index contributed by atoms with van der Waals surface area (Å²) < 4.78 is 5.60. The first-order chi connectivity index (χ1) is 8.63. The van der Waals surface area contributed by atoms with Crippen LogP contribution in [-0.2, 0) is 14.3 Å². The molecule has 3 aliphatic rings. The van der Waals surface area contributed by atoms with Gasteiger partial charge >= 0.3 is 5.97 Å². The topological polar surface area (TPSA) is 75.6 Å². The van der Waals surface area contributed by atoms with E-state index < -0.39 is 17.5 Å². The average Bonchev–Trinajstić information content (AvgIpc) is 2.73. The summed E-state index contributed by atoms with van der Waals surface area (Å²) in [5, 5.41) is 11.9. The van der Waals surface area contributed by atoms with Crippen LogP contribution in [0.3, 0.4) is 0 Å². The molecule has 2 aliphatic heterocycles. The number of carboxylic acids is 1. The number of nitrogens with one attached hydrogen (secondary N) is 1. The Balaban J connectivity index is 1.89. The third-order valence-electron chi connectivity index (χ3n) is 3.80. The second-order valence-electron chi connectivity index (χ2n) is 4.78. The van der Waals surface area contributed by atoms with E-state index in [4.69, 9.17) is 9.84 Å². The van der Waals surface area contributed by atoms with Crippen LogP contribution in [0.1, 0.15) is 19.3 Å². The van der Waals surface area contributed by atoms with Gasteiger partial charge in [0.05, 0.1) is 12.2 Å². The molecule has 1 spiro atoms. The van der Waals surface area contributed by atoms with Gasteiger partial charge in [0.2, 0.25) is 0 Å². The van der Waals surface area contributed by atoms with Crippen molar-refractivity contribution in [1.29, 1.82) is 0 Å². The molecule has 18 heavy (non-hydrogen) atoms. The van der Waals surface area contributed by atoms with Crippen LogP contribution in [0.2, 0.25) is 0 Å². The number of fused-ring (bicyclic) bond motifs is 2. The van der Waals surface area contributed by atoms with Crippen molar-refractivity contribution in [3.8, 4) is 0 Å². The fraction of sp³-hybridized carbons (Fsp3) is 0.385. The van der Waals surface area contributed by atoms with E-state index in [0.29, 0.717) is 12.8 Å². The van der Waals surface area contributed by atoms with Crippen molar-refractivity contribution >= 4 is 11.8 Å². The molecule has 5 heteroatoms. The molecule has 0 aromatic carbocycles. The average molecular weight is 247 g/mol. The summed E-state index contributed by atoms with van der Waals surface area (Å²) in [6.45, 7) is 0. The van der Waals surface area contributed by atoms with Crippen LogP contribution in [0.25, 0.3) is 0 Å². The second-order valence-corrected chi connectivity index (χ2v) is 4.78. The van der Waals surface area contributed by atoms with Gasteiger partial charge in [-0.3, -0.25) is 9.59 Å². The van der Waals surface area contributed by atoms with Gasteiger partial charge in [0.1, 0.15) is 0 Å². The lowest BCUT2D eigenvalue weighted by Crippen LogP contribution is -2.46. The summed E-state index contributed by atoms with van der Waals surface area (Å²) in [5.74, 6) is -1.63. The van der Waals surface area contributed by atoms with Gasteiger partial charge in [-0.2, -0.15) is 0 Å². The molecule has 0 aromatic rings. The monoisotopic (exact) mass is 247 g/mol. The lowest BCUT2D eigenvalue weighted by molar-refractivity contribution is -0.151. The molecule has 0 radical (unpaired) electrons. The van der Waals surface area contributed by atoms with Gasteiger partial charge in [-0.1, -0.05) is 0 Å². The number of ketones is 1. The molecule has 0 aromatic heterocycles. The van der Waals surface area contributed by atoms with Gasteiger partial charge in [0.15, 0.2) is 11.4 Å². The van der Waals surface area contributed by atoms with Crippen LogP contribution in [0.5, 0.6) is 0 Å². The number of hydrogen-bond donors (Lipinski definition) is 2. The van der Waals surface area contributed by atoms with Crippen molar-refractivity contribution < 1.29 is 19.4 Å². The SMILES string of the molecule is O=C(O)C1CCC2(OC=C3C=CNC=C32)C(=O)C1. The molecule has 2 unspecified atom stereocenters. The smallest absolute Gasteiger partial charge is 0.306 e. The third-order valence-corrected chi connectivity index (χ3v) is 3.80. The van der Waals surface area contributed by atoms with E-state index >= 15 is 0 Å². The maximum atomic E-state index is 12.3. The molecular formula is C13H13NO4. The van der Waals surface area contributed by atoms with E-state index in [0.717, 1.165) is 11.1 Å². The highest BCUT2D eigenvalue weighted by Crippen LogP contribution is 2.45. The molecule has 94 valence electrons. The summed E-state index contributed by atoms with van der Waals surface area (Å²) in [5.41, 5.74) is 0.744. The molecule has 0 bridgehead atoms. The normalized spacial score (nSPS) is 33.3. The van der Waals surface area contributed by atoms with E-state index in [1.54, 1.807) is 18.7 Å². The predicted octanol–water partition coefficient (Wildman–Crippen LogP) is 1.09. The molecular weight excluding hydrogens is 234 g/mol. The molecule has 1 saturated carbocycles.